The van der Waals surface area contributed by atoms with Crippen LogP contribution in [0.15, 0.2) is 18.2 Å². The summed E-state index contributed by atoms with van der Waals surface area (Å²) in [5.41, 5.74) is 3.52. The average Bonchev–Trinajstić information content (AvgIpc) is 2.80. The molecule has 0 spiro atoms. The Balaban J connectivity index is 2.03. The number of hydrogen-bond donors (Lipinski definition) is 1. The normalized spacial score (nSPS) is 11.5. The zero-order chi connectivity index (χ0) is 25.0. The van der Waals surface area contributed by atoms with Crippen molar-refractivity contribution < 1.29 is 4.79 Å². The van der Waals surface area contributed by atoms with Gasteiger partial charge in [-0.05, 0) is 29.4 Å². The lowest BCUT2D eigenvalue weighted by Crippen LogP contribution is -2.11. The van der Waals surface area contributed by atoms with E-state index in [1.165, 1.54) is 119 Å². The summed E-state index contributed by atoms with van der Waals surface area (Å²) in [4.78, 5) is 12.6. The Morgan fingerprint density at radius 1 is 0.676 bits per heavy atom. The predicted molar refractivity (Wildman–Crippen MR) is 156 cm³/mol. The Morgan fingerprint density at radius 3 is 1.44 bits per heavy atom. The Labute approximate surface area is 216 Å². The summed E-state index contributed by atoms with van der Waals surface area (Å²) in [6, 6.07) is 6.41. The van der Waals surface area contributed by atoms with E-state index in [2.05, 4.69) is 58.1 Å². The number of carbonyl (C=O) groups excluding carboxylic acids is 1. The Bertz CT molecular complexity index is 614. The van der Waals surface area contributed by atoms with Crippen molar-refractivity contribution in [1.82, 2.24) is 0 Å². The van der Waals surface area contributed by atoms with Crippen molar-refractivity contribution in [2.45, 2.75) is 149 Å². The summed E-state index contributed by atoms with van der Waals surface area (Å²) < 4.78 is 0. The molecule has 0 radical (unpaired) electrons. The molecule has 0 fully saturated rings. The lowest BCUT2D eigenvalue weighted by atomic mass is 9.93. The first kappa shape index (κ1) is 31.1. The molecule has 1 rings (SSSR count). The largest absolute Gasteiger partial charge is 0.316 e. The Hall–Kier alpha value is -0.960. The van der Waals surface area contributed by atoms with Crippen LogP contribution in [0, 0.1) is 0 Å². The van der Waals surface area contributed by atoms with Crippen molar-refractivity contribution in [2.24, 2.45) is 0 Å². The fraction of sp³-hybridized carbons (Fsp3) is 0.774. The first-order valence-corrected chi connectivity index (χ1v) is 15.5. The van der Waals surface area contributed by atoms with E-state index >= 15 is 0 Å². The van der Waals surface area contributed by atoms with Gasteiger partial charge in [0.1, 0.15) is 0 Å². The molecule has 1 aromatic carbocycles. The smallest absolute Gasteiger partial charge is 0.283 e. The van der Waals surface area contributed by atoms with Gasteiger partial charge in [-0.2, -0.15) is 0 Å². The summed E-state index contributed by atoms with van der Waals surface area (Å²) in [6.07, 6.45) is 22.1. The van der Waals surface area contributed by atoms with Gasteiger partial charge in [0.25, 0.3) is 5.24 Å². The molecule has 0 aliphatic carbocycles. The van der Waals surface area contributed by atoms with Crippen LogP contribution in [0.5, 0.6) is 0 Å². The summed E-state index contributed by atoms with van der Waals surface area (Å²) in [5.74, 6) is 1.73. The number of carbonyl (C=O) groups is 1. The monoisotopic (exact) mass is 489 g/mol. The van der Waals surface area contributed by atoms with Crippen LogP contribution in [0.3, 0.4) is 0 Å². The average molecular weight is 490 g/mol. The van der Waals surface area contributed by atoms with Crippen molar-refractivity contribution in [3.63, 3.8) is 0 Å². The van der Waals surface area contributed by atoms with Crippen molar-refractivity contribution in [2.75, 3.05) is 11.1 Å². The molecule has 2 nitrogen and oxygen atoms in total. The number of nitrogens with one attached hydrogen (secondary N) is 1. The molecule has 196 valence electrons. The molecule has 0 aliphatic heterocycles. The summed E-state index contributed by atoms with van der Waals surface area (Å²) in [6.45, 7) is 11.1. The van der Waals surface area contributed by atoms with Crippen LogP contribution in [0.25, 0.3) is 0 Å². The number of para-hydroxylation sites is 1. The summed E-state index contributed by atoms with van der Waals surface area (Å²) >= 11 is 1.45. The molecule has 0 heterocycles. The number of anilines is 1. The fourth-order valence-corrected chi connectivity index (χ4v) is 5.36. The van der Waals surface area contributed by atoms with Crippen LogP contribution in [0.4, 0.5) is 10.5 Å². The van der Waals surface area contributed by atoms with E-state index in [0.717, 1.165) is 17.9 Å². The highest BCUT2D eigenvalue weighted by Crippen LogP contribution is 2.33. The predicted octanol–water partition coefficient (Wildman–Crippen LogP) is 11.5. The Morgan fingerprint density at radius 2 is 1.06 bits per heavy atom. The third-order valence-electron chi connectivity index (χ3n) is 6.83. The number of hydrogen-bond acceptors (Lipinski definition) is 2. The van der Waals surface area contributed by atoms with Crippen LogP contribution >= 0.6 is 11.8 Å². The van der Waals surface area contributed by atoms with E-state index in [0.29, 0.717) is 11.8 Å². The maximum absolute atomic E-state index is 12.6. The zero-order valence-corrected chi connectivity index (χ0v) is 24.0. The van der Waals surface area contributed by atoms with Crippen LogP contribution in [0.1, 0.15) is 160 Å². The van der Waals surface area contributed by atoms with Gasteiger partial charge in [0, 0.05) is 11.4 Å². The quantitative estimate of drug-likeness (QED) is 0.184. The molecule has 1 amide bonds. The highest BCUT2D eigenvalue weighted by atomic mass is 32.2. The first-order valence-electron chi connectivity index (χ1n) is 14.5. The Kier molecular flexibility index (Phi) is 18.5. The molecule has 0 bridgehead atoms. The molecule has 0 unspecified atom stereocenters. The van der Waals surface area contributed by atoms with E-state index in [1.807, 2.05) is 0 Å². The van der Waals surface area contributed by atoms with Crippen LogP contribution < -0.4 is 5.32 Å². The maximum Gasteiger partial charge on any atom is 0.283 e. The minimum Gasteiger partial charge on any atom is -0.316 e. The topological polar surface area (TPSA) is 29.1 Å². The second-order valence-electron chi connectivity index (χ2n) is 10.7. The molecular formula is C31H55NOS. The third-order valence-corrected chi connectivity index (χ3v) is 7.69. The lowest BCUT2D eigenvalue weighted by Gasteiger charge is -2.20. The molecule has 3 heteroatoms. The van der Waals surface area contributed by atoms with Crippen molar-refractivity contribution in [1.29, 1.82) is 0 Å². The molecule has 0 saturated carbocycles. The number of thioether (sulfide) groups is 1. The number of unbranched alkanes of at least 4 members (excludes halogenated alkanes) is 15. The van der Waals surface area contributed by atoms with Gasteiger partial charge in [-0.25, -0.2) is 0 Å². The fourth-order valence-electron chi connectivity index (χ4n) is 4.65. The lowest BCUT2D eigenvalue weighted by molar-refractivity contribution is 0.269. The molecular weight excluding hydrogens is 434 g/mol. The van der Waals surface area contributed by atoms with E-state index in [-0.39, 0.29) is 5.24 Å². The summed E-state index contributed by atoms with van der Waals surface area (Å²) in [5, 5.41) is 3.31. The molecule has 34 heavy (non-hydrogen) atoms. The van der Waals surface area contributed by atoms with Crippen LogP contribution in [-0.4, -0.2) is 11.0 Å². The zero-order valence-electron chi connectivity index (χ0n) is 23.2. The van der Waals surface area contributed by atoms with Crippen molar-refractivity contribution in [3.05, 3.63) is 29.3 Å². The molecule has 0 aliphatic rings. The highest BCUT2D eigenvalue weighted by molar-refractivity contribution is 8.13. The van der Waals surface area contributed by atoms with Gasteiger partial charge in [-0.15, -0.1) is 0 Å². The second kappa shape index (κ2) is 20.3. The number of benzene rings is 1. The molecule has 1 N–H and O–H groups in total. The van der Waals surface area contributed by atoms with E-state index in [9.17, 15) is 4.79 Å². The number of amides is 1. The van der Waals surface area contributed by atoms with Gasteiger partial charge in [0.2, 0.25) is 0 Å². The number of rotatable bonds is 20. The van der Waals surface area contributed by atoms with Gasteiger partial charge < -0.3 is 5.32 Å². The van der Waals surface area contributed by atoms with Crippen LogP contribution in [0.2, 0.25) is 0 Å². The molecule has 1 aromatic rings. The minimum absolute atomic E-state index is 0.0935. The highest BCUT2D eigenvalue weighted by Gasteiger charge is 2.16. The van der Waals surface area contributed by atoms with Gasteiger partial charge in [0.15, 0.2) is 0 Å². The molecule has 0 aromatic heterocycles. The van der Waals surface area contributed by atoms with E-state index < -0.39 is 0 Å². The summed E-state index contributed by atoms with van der Waals surface area (Å²) in [7, 11) is 0. The van der Waals surface area contributed by atoms with Crippen molar-refractivity contribution >= 4 is 22.7 Å². The standard InChI is InChI=1S/C31H55NOS/c1-6-7-8-9-10-11-12-13-14-15-16-17-18-19-20-21-25-34-31(33)32-30-28(26(2)3)23-22-24-29(30)27(4)5/h22-24,26-27H,6-21,25H2,1-5H3,(H,32,33). The maximum atomic E-state index is 12.6. The van der Waals surface area contributed by atoms with Gasteiger partial charge in [-0.1, -0.05) is 161 Å². The molecule has 0 saturated heterocycles. The van der Waals surface area contributed by atoms with Crippen molar-refractivity contribution in [3.8, 4) is 0 Å². The SMILES string of the molecule is CCCCCCCCCCCCCCCCCCSC(=O)Nc1c(C(C)C)cccc1C(C)C. The van der Waals surface area contributed by atoms with Crippen LogP contribution in [-0.2, 0) is 0 Å². The first-order chi connectivity index (χ1) is 16.5. The van der Waals surface area contributed by atoms with Gasteiger partial charge >= 0.3 is 0 Å². The minimum atomic E-state index is 0.0935. The van der Waals surface area contributed by atoms with E-state index in [1.54, 1.807) is 0 Å². The van der Waals surface area contributed by atoms with Gasteiger partial charge in [-0.3, -0.25) is 4.79 Å². The third kappa shape index (κ3) is 14.4. The second-order valence-corrected chi connectivity index (χ2v) is 11.8. The molecule has 0 atom stereocenters. The van der Waals surface area contributed by atoms with E-state index in [4.69, 9.17) is 0 Å². The van der Waals surface area contributed by atoms with Gasteiger partial charge in [0.05, 0.1) is 0 Å².